The van der Waals surface area contributed by atoms with Crippen molar-refractivity contribution in [3.05, 3.63) is 38.2 Å². The lowest BCUT2D eigenvalue weighted by molar-refractivity contribution is 1.29. The second-order valence-corrected chi connectivity index (χ2v) is 4.96. The van der Waals surface area contributed by atoms with Crippen LogP contribution in [-0.2, 0) is 0 Å². The zero-order valence-corrected chi connectivity index (χ0v) is 10.1. The standard InChI is InChI=1S/C10H8INS/c1-7-12-10(6-13-7)8-4-2-3-5-9(8)11/h2-6H,1H3. The molecule has 66 valence electrons. The third-order valence-corrected chi connectivity index (χ3v) is 3.48. The number of hydrogen-bond acceptors (Lipinski definition) is 2. The fourth-order valence-corrected chi connectivity index (χ4v) is 2.43. The smallest absolute Gasteiger partial charge is 0.0901 e. The molecule has 0 saturated carbocycles. The summed E-state index contributed by atoms with van der Waals surface area (Å²) in [6.07, 6.45) is 0. The lowest BCUT2D eigenvalue weighted by Crippen LogP contribution is -1.81. The first kappa shape index (κ1) is 9.15. The van der Waals surface area contributed by atoms with Crippen LogP contribution >= 0.6 is 33.9 Å². The summed E-state index contributed by atoms with van der Waals surface area (Å²) < 4.78 is 1.26. The van der Waals surface area contributed by atoms with Crippen molar-refractivity contribution in [3.8, 4) is 11.3 Å². The Morgan fingerprint density at radius 3 is 2.69 bits per heavy atom. The minimum Gasteiger partial charge on any atom is -0.242 e. The van der Waals surface area contributed by atoms with E-state index in [0.29, 0.717) is 0 Å². The number of benzene rings is 1. The Morgan fingerprint density at radius 2 is 2.08 bits per heavy atom. The maximum absolute atomic E-state index is 4.46. The summed E-state index contributed by atoms with van der Waals surface area (Å²) in [6.45, 7) is 2.03. The van der Waals surface area contributed by atoms with Gasteiger partial charge in [-0.25, -0.2) is 4.98 Å². The highest BCUT2D eigenvalue weighted by Crippen LogP contribution is 2.25. The molecule has 0 unspecified atom stereocenters. The first-order chi connectivity index (χ1) is 6.27. The van der Waals surface area contributed by atoms with E-state index >= 15 is 0 Å². The highest BCUT2D eigenvalue weighted by atomic mass is 127. The lowest BCUT2D eigenvalue weighted by atomic mass is 10.2. The molecular formula is C10H8INS. The van der Waals surface area contributed by atoms with E-state index < -0.39 is 0 Å². The molecule has 1 nitrogen and oxygen atoms in total. The van der Waals surface area contributed by atoms with E-state index in [9.17, 15) is 0 Å². The number of hydrogen-bond donors (Lipinski definition) is 0. The van der Waals surface area contributed by atoms with Gasteiger partial charge in [-0.2, -0.15) is 0 Å². The summed E-state index contributed by atoms with van der Waals surface area (Å²) in [5.41, 5.74) is 2.32. The van der Waals surface area contributed by atoms with E-state index in [2.05, 4.69) is 45.1 Å². The first-order valence-electron chi connectivity index (χ1n) is 3.94. The highest BCUT2D eigenvalue weighted by molar-refractivity contribution is 14.1. The molecule has 0 amide bonds. The van der Waals surface area contributed by atoms with Crippen LogP contribution in [-0.4, -0.2) is 4.98 Å². The normalized spacial score (nSPS) is 10.3. The molecule has 1 aromatic carbocycles. The molecular weight excluding hydrogens is 293 g/mol. The Balaban J connectivity index is 2.52. The number of nitrogens with zero attached hydrogens (tertiary/aromatic N) is 1. The molecule has 2 rings (SSSR count). The van der Waals surface area contributed by atoms with Crippen LogP contribution in [0.15, 0.2) is 29.6 Å². The van der Waals surface area contributed by atoms with Gasteiger partial charge in [-0.1, -0.05) is 18.2 Å². The summed E-state index contributed by atoms with van der Waals surface area (Å²) in [6, 6.07) is 8.30. The summed E-state index contributed by atoms with van der Waals surface area (Å²) >= 11 is 4.03. The second-order valence-electron chi connectivity index (χ2n) is 2.73. The van der Waals surface area contributed by atoms with Crippen LogP contribution in [0.1, 0.15) is 5.01 Å². The number of thiazole rings is 1. The van der Waals surface area contributed by atoms with Crippen LogP contribution in [0, 0.1) is 10.5 Å². The lowest BCUT2D eigenvalue weighted by Gasteiger charge is -1.98. The second kappa shape index (κ2) is 3.75. The van der Waals surface area contributed by atoms with Crippen molar-refractivity contribution in [2.75, 3.05) is 0 Å². The van der Waals surface area contributed by atoms with Gasteiger partial charge >= 0.3 is 0 Å². The first-order valence-corrected chi connectivity index (χ1v) is 5.90. The fourth-order valence-electron chi connectivity index (χ4n) is 1.16. The summed E-state index contributed by atoms with van der Waals surface area (Å²) in [5.74, 6) is 0. The number of halogens is 1. The molecule has 3 heteroatoms. The number of rotatable bonds is 1. The van der Waals surface area contributed by atoms with Gasteiger partial charge in [0.2, 0.25) is 0 Å². The molecule has 0 radical (unpaired) electrons. The van der Waals surface area contributed by atoms with Gasteiger partial charge in [0, 0.05) is 14.5 Å². The fraction of sp³-hybridized carbons (Fsp3) is 0.100. The average Bonchev–Trinajstić information content (AvgIpc) is 2.53. The van der Waals surface area contributed by atoms with Gasteiger partial charge in [0.15, 0.2) is 0 Å². The Labute approximate surface area is 95.0 Å². The Kier molecular flexibility index (Phi) is 2.64. The van der Waals surface area contributed by atoms with Gasteiger partial charge in [0.1, 0.15) is 0 Å². The van der Waals surface area contributed by atoms with E-state index in [1.807, 2.05) is 19.1 Å². The Bertz CT molecular complexity index is 422. The molecule has 0 saturated heterocycles. The topological polar surface area (TPSA) is 12.9 Å². The molecule has 0 atom stereocenters. The molecule has 0 aliphatic carbocycles. The minimum absolute atomic E-state index is 1.09. The SMILES string of the molecule is Cc1nc(-c2ccccc2I)cs1. The summed E-state index contributed by atoms with van der Waals surface area (Å²) in [4.78, 5) is 4.46. The maximum Gasteiger partial charge on any atom is 0.0901 e. The molecule has 0 aliphatic heterocycles. The Morgan fingerprint density at radius 1 is 1.31 bits per heavy atom. The molecule has 0 bridgehead atoms. The van der Waals surface area contributed by atoms with Crippen LogP contribution < -0.4 is 0 Å². The molecule has 0 N–H and O–H groups in total. The van der Waals surface area contributed by atoms with Gasteiger partial charge in [0.25, 0.3) is 0 Å². The molecule has 2 aromatic rings. The largest absolute Gasteiger partial charge is 0.242 e. The van der Waals surface area contributed by atoms with Crippen molar-refractivity contribution in [1.82, 2.24) is 4.98 Å². The number of aryl methyl sites for hydroxylation is 1. The van der Waals surface area contributed by atoms with Crippen LogP contribution in [0.5, 0.6) is 0 Å². The predicted molar refractivity (Wildman–Crippen MR) is 65.0 cm³/mol. The molecule has 13 heavy (non-hydrogen) atoms. The monoisotopic (exact) mass is 301 g/mol. The van der Waals surface area contributed by atoms with E-state index in [0.717, 1.165) is 10.7 Å². The number of aromatic nitrogens is 1. The van der Waals surface area contributed by atoms with Crippen LogP contribution in [0.4, 0.5) is 0 Å². The Hall–Kier alpha value is -0.420. The minimum atomic E-state index is 1.09. The zero-order chi connectivity index (χ0) is 9.26. The van der Waals surface area contributed by atoms with Crippen LogP contribution in [0.2, 0.25) is 0 Å². The van der Waals surface area contributed by atoms with E-state index in [1.165, 1.54) is 9.13 Å². The van der Waals surface area contributed by atoms with Crippen LogP contribution in [0.25, 0.3) is 11.3 Å². The van der Waals surface area contributed by atoms with Crippen molar-refractivity contribution < 1.29 is 0 Å². The van der Waals surface area contributed by atoms with Gasteiger partial charge in [-0.15, -0.1) is 11.3 Å². The zero-order valence-electron chi connectivity index (χ0n) is 7.12. The van der Waals surface area contributed by atoms with Gasteiger partial charge in [0.05, 0.1) is 10.7 Å². The van der Waals surface area contributed by atoms with E-state index in [4.69, 9.17) is 0 Å². The third-order valence-electron chi connectivity index (χ3n) is 1.77. The molecule has 0 fully saturated rings. The maximum atomic E-state index is 4.46. The average molecular weight is 301 g/mol. The van der Waals surface area contributed by atoms with Crippen molar-refractivity contribution in [2.24, 2.45) is 0 Å². The van der Waals surface area contributed by atoms with E-state index in [-0.39, 0.29) is 0 Å². The van der Waals surface area contributed by atoms with Gasteiger partial charge in [-0.3, -0.25) is 0 Å². The van der Waals surface area contributed by atoms with Crippen molar-refractivity contribution in [2.45, 2.75) is 6.92 Å². The van der Waals surface area contributed by atoms with Gasteiger partial charge in [-0.05, 0) is 35.6 Å². The van der Waals surface area contributed by atoms with Crippen LogP contribution in [0.3, 0.4) is 0 Å². The molecule has 0 aliphatic rings. The highest BCUT2D eigenvalue weighted by Gasteiger charge is 2.04. The molecule has 1 aromatic heterocycles. The predicted octanol–water partition coefficient (Wildman–Crippen LogP) is 3.72. The summed E-state index contributed by atoms with van der Waals surface area (Å²) in [5, 5.41) is 3.22. The van der Waals surface area contributed by atoms with Crippen molar-refractivity contribution >= 4 is 33.9 Å². The molecule has 1 heterocycles. The van der Waals surface area contributed by atoms with E-state index in [1.54, 1.807) is 11.3 Å². The molecule has 0 spiro atoms. The van der Waals surface area contributed by atoms with Crippen molar-refractivity contribution in [1.29, 1.82) is 0 Å². The summed E-state index contributed by atoms with van der Waals surface area (Å²) in [7, 11) is 0. The van der Waals surface area contributed by atoms with Crippen molar-refractivity contribution in [3.63, 3.8) is 0 Å². The third kappa shape index (κ3) is 1.91. The van der Waals surface area contributed by atoms with Gasteiger partial charge < -0.3 is 0 Å². The quantitative estimate of drug-likeness (QED) is 0.732.